The van der Waals surface area contributed by atoms with E-state index in [0.717, 1.165) is 0 Å². The molecule has 10 heteroatoms. The molecule has 0 saturated carbocycles. The average Bonchev–Trinajstić information content (AvgIpc) is 2.95. The van der Waals surface area contributed by atoms with E-state index in [4.69, 9.17) is 4.74 Å². The molecule has 0 aliphatic carbocycles. The Balaban J connectivity index is 2.31. The van der Waals surface area contributed by atoms with Crippen LogP contribution in [0.25, 0.3) is 5.69 Å². The number of nitrogens with zero attached hydrogens (tertiary/aromatic N) is 5. The maximum atomic E-state index is 12.1. The largest absolute Gasteiger partial charge is 0.461 e. The van der Waals surface area contributed by atoms with Crippen LogP contribution in [0.4, 0.5) is 0 Å². The molecule has 1 aromatic carbocycles. The van der Waals surface area contributed by atoms with Crippen LogP contribution in [0.1, 0.15) is 23.1 Å². The van der Waals surface area contributed by atoms with Gasteiger partial charge in [0.05, 0.1) is 22.9 Å². The van der Waals surface area contributed by atoms with Crippen molar-refractivity contribution in [3.05, 3.63) is 35.7 Å². The normalized spacial score (nSPS) is 11.7. The summed E-state index contributed by atoms with van der Waals surface area (Å²) in [4.78, 5) is 13.4. The molecule has 2 rings (SSSR count). The Labute approximate surface area is 146 Å². The van der Waals surface area contributed by atoms with E-state index in [0.29, 0.717) is 11.4 Å². The molecule has 0 aliphatic rings. The zero-order valence-corrected chi connectivity index (χ0v) is 15.2. The van der Waals surface area contributed by atoms with Crippen LogP contribution in [0.15, 0.2) is 33.6 Å². The minimum Gasteiger partial charge on any atom is -0.461 e. The first-order chi connectivity index (χ1) is 11.8. The fraction of sp³-hybridized carbons (Fsp3) is 0.333. The van der Waals surface area contributed by atoms with Crippen molar-refractivity contribution >= 4 is 22.3 Å². The Kier molecular flexibility index (Phi) is 5.52. The molecule has 1 aromatic heterocycles. The molecule has 0 spiro atoms. The van der Waals surface area contributed by atoms with Gasteiger partial charge in [0.1, 0.15) is 6.34 Å². The van der Waals surface area contributed by atoms with Gasteiger partial charge in [-0.05, 0) is 38.1 Å². The second-order valence-electron chi connectivity index (χ2n) is 5.31. The number of aromatic nitrogens is 3. The van der Waals surface area contributed by atoms with Crippen molar-refractivity contribution in [1.29, 1.82) is 0 Å². The summed E-state index contributed by atoms with van der Waals surface area (Å²) in [7, 11) is -0.417. The maximum Gasteiger partial charge on any atom is 0.360 e. The van der Waals surface area contributed by atoms with Crippen LogP contribution in [0.5, 0.6) is 0 Å². The first-order valence-electron chi connectivity index (χ1n) is 7.43. The Morgan fingerprint density at radius 1 is 1.32 bits per heavy atom. The van der Waals surface area contributed by atoms with Crippen molar-refractivity contribution in [3.63, 3.8) is 0 Å². The fourth-order valence-electron chi connectivity index (χ4n) is 1.94. The van der Waals surface area contributed by atoms with Gasteiger partial charge in [-0.15, -0.1) is 9.50 Å². The average molecular weight is 365 g/mol. The quantitative estimate of drug-likeness (QED) is 0.427. The van der Waals surface area contributed by atoms with Gasteiger partial charge in [0.15, 0.2) is 5.69 Å². The summed E-state index contributed by atoms with van der Waals surface area (Å²) < 4.78 is 34.1. The number of esters is 1. The lowest BCUT2D eigenvalue weighted by molar-refractivity contribution is 0.0518. The first-order valence-corrected chi connectivity index (χ1v) is 8.87. The second kappa shape index (κ2) is 7.43. The summed E-state index contributed by atoms with van der Waals surface area (Å²) in [6.45, 7) is 3.62. The fourth-order valence-corrected chi connectivity index (χ4v) is 2.85. The van der Waals surface area contributed by atoms with E-state index in [1.165, 1.54) is 28.1 Å². The number of rotatable bonds is 6. The van der Waals surface area contributed by atoms with Gasteiger partial charge in [-0.3, -0.25) is 0 Å². The highest BCUT2D eigenvalue weighted by atomic mass is 32.2. The molecular weight excluding hydrogens is 346 g/mol. The molecular formula is C15H19N5O4S. The molecule has 0 atom stereocenters. The highest BCUT2D eigenvalue weighted by Crippen LogP contribution is 2.17. The minimum absolute atomic E-state index is 0.0535. The number of benzene rings is 1. The third-order valence-electron chi connectivity index (χ3n) is 3.16. The molecule has 0 unspecified atom stereocenters. The van der Waals surface area contributed by atoms with Gasteiger partial charge in [0, 0.05) is 14.1 Å². The number of hydrogen-bond donors (Lipinski definition) is 0. The molecule has 0 radical (unpaired) electrons. The van der Waals surface area contributed by atoms with Crippen molar-refractivity contribution in [2.45, 2.75) is 18.7 Å². The van der Waals surface area contributed by atoms with Crippen LogP contribution in [-0.2, 0) is 14.8 Å². The standard InChI is InChI=1S/C15H19N5O4S/c1-5-24-15(21)14-11(2)20(18-17-14)12-6-8-13(9-7-12)25(22,23)16-10-19(3)4/h6-10H,5H2,1-4H3. The van der Waals surface area contributed by atoms with Crippen molar-refractivity contribution in [3.8, 4) is 5.69 Å². The van der Waals surface area contributed by atoms with Gasteiger partial charge in [-0.2, -0.15) is 8.42 Å². The molecule has 0 amide bonds. The summed E-state index contributed by atoms with van der Waals surface area (Å²) in [6.07, 6.45) is 1.22. The monoisotopic (exact) mass is 365 g/mol. The van der Waals surface area contributed by atoms with Crippen LogP contribution in [-0.4, -0.2) is 61.3 Å². The Morgan fingerprint density at radius 3 is 2.52 bits per heavy atom. The van der Waals surface area contributed by atoms with Crippen LogP contribution in [0.2, 0.25) is 0 Å². The van der Waals surface area contributed by atoms with Gasteiger partial charge in [-0.25, -0.2) is 9.48 Å². The smallest absolute Gasteiger partial charge is 0.360 e. The zero-order valence-electron chi connectivity index (χ0n) is 14.4. The Morgan fingerprint density at radius 2 is 1.96 bits per heavy atom. The molecule has 0 aliphatic heterocycles. The van der Waals surface area contributed by atoms with E-state index in [9.17, 15) is 13.2 Å². The van der Waals surface area contributed by atoms with E-state index in [-0.39, 0.29) is 17.2 Å². The van der Waals surface area contributed by atoms with Crippen LogP contribution in [0.3, 0.4) is 0 Å². The molecule has 1 heterocycles. The molecule has 0 saturated heterocycles. The molecule has 0 N–H and O–H groups in total. The van der Waals surface area contributed by atoms with Crippen molar-refractivity contribution in [1.82, 2.24) is 19.9 Å². The molecule has 134 valence electrons. The summed E-state index contributed by atoms with van der Waals surface area (Å²) >= 11 is 0. The first kappa shape index (κ1) is 18.6. The Hall–Kier alpha value is -2.75. The maximum absolute atomic E-state index is 12.1. The van der Waals surface area contributed by atoms with Gasteiger partial charge in [-0.1, -0.05) is 5.21 Å². The summed E-state index contributed by atoms with van der Waals surface area (Å²) in [5.41, 5.74) is 1.19. The van der Waals surface area contributed by atoms with Crippen LogP contribution in [0, 0.1) is 6.92 Å². The zero-order chi connectivity index (χ0) is 18.6. The van der Waals surface area contributed by atoms with E-state index < -0.39 is 16.0 Å². The SMILES string of the molecule is CCOC(=O)c1nnn(-c2ccc(S(=O)(=O)N=CN(C)C)cc2)c1C. The number of hydrogen-bond acceptors (Lipinski definition) is 6. The van der Waals surface area contributed by atoms with Crippen molar-refractivity contribution in [2.24, 2.45) is 4.40 Å². The van der Waals surface area contributed by atoms with E-state index >= 15 is 0 Å². The number of carbonyl (C=O) groups excluding carboxylic acids is 1. The van der Waals surface area contributed by atoms with Crippen LogP contribution < -0.4 is 0 Å². The highest BCUT2D eigenvalue weighted by molar-refractivity contribution is 7.90. The topological polar surface area (TPSA) is 107 Å². The van der Waals surface area contributed by atoms with E-state index in [2.05, 4.69) is 14.7 Å². The van der Waals surface area contributed by atoms with Gasteiger partial charge < -0.3 is 9.64 Å². The highest BCUT2D eigenvalue weighted by Gasteiger charge is 2.19. The molecule has 25 heavy (non-hydrogen) atoms. The van der Waals surface area contributed by atoms with Gasteiger partial charge in [0.25, 0.3) is 10.0 Å². The summed E-state index contributed by atoms with van der Waals surface area (Å²) in [5, 5.41) is 7.74. The lowest BCUT2D eigenvalue weighted by atomic mass is 10.3. The minimum atomic E-state index is -3.77. The third-order valence-corrected chi connectivity index (χ3v) is 4.40. The summed E-state index contributed by atoms with van der Waals surface area (Å²) in [6, 6.07) is 5.97. The van der Waals surface area contributed by atoms with Crippen molar-refractivity contribution < 1.29 is 17.9 Å². The van der Waals surface area contributed by atoms with Crippen molar-refractivity contribution in [2.75, 3.05) is 20.7 Å². The van der Waals surface area contributed by atoms with E-state index in [1.807, 2.05) is 0 Å². The predicted octanol–water partition coefficient (Wildman–Crippen LogP) is 1.03. The molecule has 2 aromatic rings. The third kappa shape index (κ3) is 4.21. The second-order valence-corrected chi connectivity index (χ2v) is 6.94. The predicted molar refractivity (Wildman–Crippen MR) is 91.4 cm³/mol. The summed E-state index contributed by atoms with van der Waals surface area (Å²) in [5.74, 6) is -0.552. The number of carbonyl (C=O) groups is 1. The lowest BCUT2D eigenvalue weighted by Gasteiger charge is -2.06. The molecule has 0 bridgehead atoms. The van der Waals surface area contributed by atoms with Crippen LogP contribution >= 0.6 is 0 Å². The van der Waals surface area contributed by atoms with E-state index in [1.54, 1.807) is 40.1 Å². The number of sulfonamides is 1. The van der Waals surface area contributed by atoms with Gasteiger partial charge >= 0.3 is 5.97 Å². The number of ether oxygens (including phenoxy) is 1. The Bertz CT molecular complexity index is 885. The lowest BCUT2D eigenvalue weighted by Crippen LogP contribution is -2.10. The van der Waals surface area contributed by atoms with Gasteiger partial charge in [0.2, 0.25) is 0 Å². The molecule has 0 fully saturated rings. The molecule has 9 nitrogen and oxygen atoms in total.